The topological polar surface area (TPSA) is 146 Å². The zero-order valence-electron chi connectivity index (χ0n) is 26.8. The predicted molar refractivity (Wildman–Crippen MR) is 176 cm³/mol. The minimum atomic E-state index is -3.72. The summed E-state index contributed by atoms with van der Waals surface area (Å²) in [5, 5.41) is 12.9. The van der Waals surface area contributed by atoms with Crippen LogP contribution >= 0.6 is 0 Å². The van der Waals surface area contributed by atoms with Crippen molar-refractivity contribution in [3.8, 4) is 22.8 Å². The van der Waals surface area contributed by atoms with Gasteiger partial charge in [0.15, 0.2) is 21.2 Å². The lowest BCUT2D eigenvalue weighted by molar-refractivity contribution is 0.0639. The summed E-state index contributed by atoms with van der Waals surface area (Å²) in [6.07, 6.45) is 8.85. The highest BCUT2D eigenvalue weighted by atomic mass is 32.2. The highest BCUT2D eigenvalue weighted by molar-refractivity contribution is 7.92. The van der Waals surface area contributed by atoms with Crippen molar-refractivity contribution in [3.63, 3.8) is 0 Å². The zero-order chi connectivity index (χ0) is 32.3. The van der Waals surface area contributed by atoms with E-state index in [0.29, 0.717) is 52.2 Å². The second-order valence-corrected chi connectivity index (χ2v) is 15.3. The van der Waals surface area contributed by atoms with Crippen LogP contribution < -0.4 is 5.32 Å². The second kappa shape index (κ2) is 11.8. The Morgan fingerprint density at radius 1 is 1.02 bits per heavy atom. The summed E-state index contributed by atoms with van der Waals surface area (Å²) in [6.45, 7) is 7.34. The van der Waals surface area contributed by atoms with Crippen LogP contribution in [0.3, 0.4) is 0 Å². The van der Waals surface area contributed by atoms with E-state index in [9.17, 15) is 8.42 Å². The number of pyridine rings is 3. The molecule has 2 aliphatic heterocycles. The van der Waals surface area contributed by atoms with E-state index in [1.165, 1.54) is 0 Å². The largest absolute Gasteiger partial charge is 0.452 e. The van der Waals surface area contributed by atoms with Crippen LogP contribution in [0, 0.1) is 18.8 Å². The van der Waals surface area contributed by atoms with Crippen LogP contribution in [-0.4, -0.2) is 52.5 Å². The van der Waals surface area contributed by atoms with E-state index in [-0.39, 0.29) is 34.4 Å². The van der Waals surface area contributed by atoms with Gasteiger partial charge in [-0.15, -0.1) is 10.2 Å². The molecule has 11 nitrogen and oxygen atoms in total. The van der Waals surface area contributed by atoms with Crippen LogP contribution in [-0.2, 0) is 27.4 Å². The molecule has 2 unspecified atom stereocenters. The number of sulfone groups is 1. The lowest BCUT2D eigenvalue weighted by Gasteiger charge is -2.23. The highest BCUT2D eigenvalue weighted by Gasteiger charge is 2.43. The number of nitrogens with zero attached hydrogens (tertiary/aromatic N) is 5. The molecule has 0 radical (unpaired) electrons. The molecule has 8 rings (SSSR count). The lowest BCUT2D eigenvalue weighted by atomic mass is 9.89. The van der Waals surface area contributed by atoms with Gasteiger partial charge in [-0.05, 0) is 74.1 Å². The first-order chi connectivity index (χ1) is 22.8. The Hall–Kier alpha value is -4.16. The van der Waals surface area contributed by atoms with E-state index in [0.717, 1.165) is 67.7 Å². The van der Waals surface area contributed by atoms with Crippen LogP contribution in [0.15, 0.2) is 50.4 Å². The van der Waals surface area contributed by atoms with E-state index < -0.39 is 9.84 Å². The fourth-order valence-electron chi connectivity index (χ4n) is 7.45. The van der Waals surface area contributed by atoms with Crippen molar-refractivity contribution < 1.29 is 22.0 Å². The van der Waals surface area contributed by atoms with E-state index in [2.05, 4.69) is 45.4 Å². The van der Waals surface area contributed by atoms with Crippen molar-refractivity contribution in [2.75, 3.05) is 24.3 Å². The molecule has 0 amide bonds. The third kappa shape index (κ3) is 5.41. The average molecular weight is 655 g/mol. The lowest BCUT2D eigenvalue weighted by Crippen LogP contribution is -2.17. The molecule has 7 heterocycles. The van der Waals surface area contributed by atoms with Gasteiger partial charge in [-0.25, -0.2) is 13.4 Å². The summed E-state index contributed by atoms with van der Waals surface area (Å²) >= 11 is 0. The molecule has 244 valence electrons. The first kappa shape index (κ1) is 30.2. The van der Waals surface area contributed by atoms with Gasteiger partial charge < -0.3 is 18.9 Å². The van der Waals surface area contributed by atoms with Gasteiger partial charge in [0.2, 0.25) is 11.8 Å². The average Bonchev–Trinajstić information content (AvgIpc) is 3.85. The third-order valence-electron chi connectivity index (χ3n) is 9.95. The number of aromatic nitrogens is 5. The van der Waals surface area contributed by atoms with Crippen LogP contribution in [0.5, 0.6) is 0 Å². The minimum absolute atomic E-state index is 0.00453. The van der Waals surface area contributed by atoms with Gasteiger partial charge in [0.25, 0.3) is 0 Å². The number of anilines is 1. The fourth-order valence-corrected chi connectivity index (χ4v) is 9.66. The summed E-state index contributed by atoms with van der Waals surface area (Å²) in [4.78, 5) is 14.6. The Bertz CT molecular complexity index is 2080. The highest BCUT2D eigenvalue weighted by Crippen LogP contribution is 2.49. The molecule has 12 heteroatoms. The summed E-state index contributed by atoms with van der Waals surface area (Å²) in [5.74, 6) is 1.95. The molecule has 3 aliphatic rings. The molecule has 5 aromatic rings. The van der Waals surface area contributed by atoms with Gasteiger partial charge in [0, 0.05) is 49.5 Å². The van der Waals surface area contributed by atoms with Crippen LogP contribution in [0.25, 0.3) is 33.7 Å². The van der Waals surface area contributed by atoms with E-state index in [4.69, 9.17) is 18.6 Å². The Balaban J connectivity index is 1.31. The molecule has 1 aliphatic carbocycles. The molecule has 1 saturated heterocycles. The third-order valence-corrected chi connectivity index (χ3v) is 11.8. The Morgan fingerprint density at radius 2 is 1.87 bits per heavy atom. The molecule has 47 heavy (non-hydrogen) atoms. The van der Waals surface area contributed by atoms with Crippen molar-refractivity contribution in [1.29, 1.82) is 0 Å². The smallest absolute Gasteiger partial charge is 0.250 e. The summed E-state index contributed by atoms with van der Waals surface area (Å²) in [5.41, 5.74) is 5.12. The number of hydrogen-bond donors (Lipinski definition) is 1. The van der Waals surface area contributed by atoms with Crippen LogP contribution in [0.1, 0.15) is 80.0 Å². The monoisotopic (exact) mass is 654 g/mol. The Kier molecular flexibility index (Phi) is 7.59. The molecule has 0 bridgehead atoms. The maximum absolute atomic E-state index is 14.1. The number of hydrogen-bond acceptors (Lipinski definition) is 11. The normalized spacial score (nSPS) is 20.6. The van der Waals surface area contributed by atoms with Crippen LogP contribution in [0.2, 0.25) is 0 Å². The second-order valence-electron chi connectivity index (χ2n) is 13.3. The number of nitrogens with one attached hydrogen (secondary N) is 1. The molecule has 0 saturated carbocycles. The SMILES string of the molecule is Cc1nnc(-c2c(CCC3CCOCC3)nc3c(c2-c2cc4ccnc(NC5CCc6ncccc65)c4o2)S(=O)(=O)CC3C(C)C)o1. The molecule has 0 aromatic carbocycles. The van der Waals surface area contributed by atoms with Crippen molar-refractivity contribution in [2.24, 2.45) is 11.8 Å². The van der Waals surface area contributed by atoms with Gasteiger partial charge in [-0.3, -0.25) is 9.97 Å². The number of fused-ring (bicyclic) bond motifs is 3. The number of aryl methyl sites for hydroxylation is 3. The molecular weight excluding hydrogens is 616 g/mol. The number of ether oxygens (including phenoxy) is 1. The van der Waals surface area contributed by atoms with Crippen molar-refractivity contribution in [3.05, 3.63) is 65.2 Å². The van der Waals surface area contributed by atoms with Gasteiger partial charge in [0.05, 0.1) is 34.3 Å². The Morgan fingerprint density at radius 3 is 2.66 bits per heavy atom. The van der Waals surface area contributed by atoms with E-state index in [1.807, 2.05) is 24.4 Å². The summed E-state index contributed by atoms with van der Waals surface area (Å²) < 4.78 is 46.5. The standard InChI is InChI=1S/C35H38N6O5S/c1-19(2)24-18-47(42,43)33-30(29(35-41-40-20(3)45-35)27(38-31(24)33)7-6-21-11-15-44-16-12-21)28-17-22-10-14-37-34(32(22)46-28)39-26-9-8-25-23(26)5-4-13-36-25/h4-5,10,13-14,17,19,21,24,26H,6-9,11-12,15-16,18H2,1-3H3,(H,37,39). The van der Waals surface area contributed by atoms with Gasteiger partial charge in [0.1, 0.15) is 10.7 Å². The maximum atomic E-state index is 14.1. The quantitative estimate of drug-likeness (QED) is 0.192. The molecule has 5 aromatic heterocycles. The fraction of sp³-hybridized carbons (Fsp3) is 0.457. The number of rotatable bonds is 8. The van der Waals surface area contributed by atoms with Crippen molar-refractivity contribution in [2.45, 2.75) is 76.2 Å². The Labute approximate surface area is 273 Å². The molecule has 2 atom stereocenters. The van der Waals surface area contributed by atoms with Gasteiger partial charge in [-0.1, -0.05) is 19.9 Å². The van der Waals surface area contributed by atoms with Gasteiger partial charge in [-0.2, -0.15) is 0 Å². The molecule has 0 spiro atoms. The van der Waals surface area contributed by atoms with E-state index in [1.54, 1.807) is 13.1 Å². The van der Waals surface area contributed by atoms with Gasteiger partial charge >= 0.3 is 0 Å². The minimum Gasteiger partial charge on any atom is -0.452 e. The number of furan rings is 1. The van der Waals surface area contributed by atoms with Crippen molar-refractivity contribution >= 4 is 26.6 Å². The summed E-state index contributed by atoms with van der Waals surface area (Å²) in [6, 6.07) is 7.86. The first-order valence-corrected chi connectivity index (χ1v) is 18.2. The molecule has 1 fully saturated rings. The zero-order valence-corrected chi connectivity index (χ0v) is 27.6. The van der Waals surface area contributed by atoms with E-state index >= 15 is 0 Å². The molecule has 1 N–H and O–H groups in total. The first-order valence-electron chi connectivity index (χ1n) is 16.5. The van der Waals surface area contributed by atoms with Crippen LogP contribution in [0.4, 0.5) is 5.82 Å². The maximum Gasteiger partial charge on any atom is 0.250 e. The summed E-state index contributed by atoms with van der Waals surface area (Å²) in [7, 11) is -3.72. The predicted octanol–water partition coefficient (Wildman–Crippen LogP) is 6.63. The van der Waals surface area contributed by atoms with Crippen molar-refractivity contribution in [1.82, 2.24) is 25.1 Å². The molecular formula is C35H38N6O5S.